The highest BCUT2D eigenvalue weighted by Crippen LogP contribution is 2.22. The molecule has 1 aromatic carbocycles. The van der Waals surface area contributed by atoms with E-state index in [1.54, 1.807) is 0 Å². The van der Waals surface area contributed by atoms with Gasteiger partial charge >= 0.3 is 0 Å². The first kappa shape index (κ1) is 15.2. The van der Waals surface area contributed by atoms with Crippen molar-refractivity contribution in [2.24, 2.45) is 5.92 Å². The minimum atomic E-state index is -0.201. The Morgan fingerprint density at radius 1 is 1.00 bits per heavy atom. The predicted octanol–water partition coefficient (Wildman–Crippen LogP) is 4.32. The van der Waals surface area contributed by atoms with Gasteiger partial charge in [-0.1, -0.05) is 58.9 Å². The Morgan fingerprint density at radius 3 is 2.00 bits per heavy atom. The van der Waals surface area contributed by atoms with Gasteiger partial charge in [-0.3, -0.25) is 0 Å². The fourth-order valence-electron chi connectivity index (χ4n) is 2.04. The lowest BCUT2D eigenvalue weighted by atomic mass is 9.86. The zero-order chi connectivity index (χ0) is 13.8. The molecule has 0 aliphatic heterocycles. The topological polar surface area (TPSA) is 20.2 Å². The van der Waals surface area contributed by atoms with E-state index in [0.29, 0.717) is 5.92 Å². The maximum atomic E-state index is 9.98. The lowest BCUT2D eigenvalue weighted by Gasteiger charge is -2.19. The summed E-state index contributed by atoms with van der Waals surface area (Å²) in [6.45, 7) is 11.1. The van der Waals surface area contributed by atoms with E-state index in [-0.39, 0.29) is 11.5 Å². The molecule has 0 amide bonds. The molecule has 1 N–H and O–H groups in total. The highest BCUT2D eigenvalue weighted by Gasteiger charge is 2.13. The van der Waals surface area contributed by atoms with Crippen molar-refractivity contribution in [1.82, 2.24) is 0 Å². The summed E-state index contributed by atoms with van der Waals surface area (Å²) in [5.74, 6) is 0.669. The Bertz CT molecular complexity index is 343. The van der Waals surface area contributed by atoms with Crippen molar-refractivity contribution in [3.63, 3.8) is 0 Å². The maximum absolute atomic E-state index is 9.98. The third-order valence-electron chi connectivity index (χ3n) is 3.37. The second kappa shape index (κ2) is 6.38. The molecule has 0 fully saturated rings. The van der Waals surface area contributed by atoms with E-state index in [0.717, 1.165) is 19.3 Å². The number of rotatable bonds is 5. The molecule has 1 atom stereocenters. The molecule has 1 rings (SSSR count). The van der Waals surface area contributed by atoms with Gasteiger partial charge in [-0.05, 0) is 41.7 Å². The van der Waals surface area contributed by atoms with Gasteiger partial charge in [-0.15, -0.1) is 0 Å². The van der Waals surface area contributed by atoms with Gasteiger partial charge in [0.1, 0.15) is 0 Å². The summed E-state index contributed by atoms with van der Waals surface area (Å²) in [5, 5.41) is 9.98. The predicted molar refractivity (Wildman–Crippen MR) is 78.9 cm³/mol. The fourth-order valence-corrected chi connectivity index (χ4v) is 2.04. The molecule has 0 bridgehead atoms. The van der Waals surface area contributed by atoms with Gasteiger partial charge in [0.2, 0.25) is 0 Å². The van der Waals surface area contributed by atoms with E-state index in [2.05, 4.69) is 58.9 Å². The van der Waals surface area contributed by atoms with Crippen molar-refractivity contribution in [2.45, 2.75) is 65.4 Å². The zero-order valence-electron chi connectivity index (χ0n) is 12.5. The molecule has 0 aromatic heterocycles. The van der Waals surface area contributed by atoms with Crippen molar-refractivity contribution in [1.29, 1.82) is 0 Å². The van der Waals surface area contributed by atoms with Crippen LogP contribution in [-0.4, -0.2) is 11.2 Å². The quantitative estimate of drug-likeness (QED) is 0.822. The van der Waals surface area contributed by atoms with Crippen LogP contribution in [0.25, 0.3) is 0 Å². The SMILES string of the molecule is CC(C)CCC(O)Cc1ccc(C(C)(C)C)cc1. The van der Waals surface area contributed by atoms with Crippen molar-refractivity contribution < 1.29 is 5.11 Å². The third-order valence-corrected chi connectivity index (χ3v) is 3.37. The molecule has 0 saturated heterocycles. The largest absolute Gasteiger partial charge is 0.393 e. The monoisotopic (exact) mass is 248 g/mol. The average Bonchev–Trinajstić information content (AvgIpc) is 2.26. The van der Waals surface area contributed by atoms with Crippen LogP contribution >= 0.6 is 0 Å². The summed E-state index contributed by atoms with van der Waals surface area (Å²) < 4.78 is 0. The maximum Gasteiger partial charge on any atom is 0.0580 e. The summed E-state index contributed by atoms with van der Waals surface area (Å²) in [5.41, 5.74) is 2.79. The van der Waals surface area contributed by atoms with Gasteiger partial charge in [-0.25, -0.2) is 0 Å². The van der Waals surface area contributed by atoms with E-state index in [9.17, 15) is 5.11 Å². The van der Waals surface area contributed by atoms with Crippen LogP contribution in [0.3, 0.4) is 0 Å². The molecule has 0 aliphatic carbocycles. The molecule has 1 unspecified atom stereocenters. The van der Waals surface area contributed by atoms with Gasteiger partial charge in [0.25, 0.3) is 0 Å². The summed E-state index contributed by atoms with van der Waals surface area (Å²) >= 11 is 0. The first-order valence-electron chi connectivity index (χ1n) is 7.06. The van der Waals surface area contributed by atoms with Gasteiger partial charge in [0, 0.05) is 0 Å². The fraction of sp³-hybridized carbons (Fsp3) is 0.647. The van der Waals surface area contributed by atoms with Crippen LogP contribution in [0.15, 0.2) is 24.3 Å². The van der Waals surface area contributed by atoms with E-state index in [1.165, 1.54) is 11.1 Å². The average molecular weight is 248 g/mol. The van der Waals surface area contributed by atoms with Crippen molar-refractivity contribution in [2.75, 3.05) is 0 Å². The van der Waals surface area contributed by atoms with Crippen LogP contribution in [0.5, 0.6) is 0 Å². The molecule has 0 heterocycles. The number of hydrogen-bond donors (Lipinski definition) is 1. The van der Waals surface area contributed by atoms with Crippen LogP contribution in [-0.2, 0) is 11.8 Å². The van der Waals surface area contributed by atoms with E-state index >= 15 is 0 Å². The van der Waals surface area contributed by atoms with Gasteiger partial charge in [-0.2, -0.15) is 0 Å². The minimum absolute atomic E-state index is 0.201. The molecule has 1 aromatic rings. The zero-order valence-corrected chi connectivity index (χ0v) is 12.5. The number of aliphatic hydroxyl groups excluding tert-OH is 1. The second-order valence-corrected chi connectivity index (χ2v) is 6.78. The van der Waals surface area contributed by atoms with Crippen molar-refractivity contribution in [3.8, 4) is 0 Å². The third kappa shape index (κ3) is 5.22. The molecule has 0 aliphatic rings. The highest BCUT2D eigenvalue weighted by molar-refractivity contribution is 5.27. The molecule has 102 valence electrons. The molecule has 0 saturated carbocycles. The van der Waals surface area contributed by atoms with E-state index < -0.39 is 0 Å². The summed E-state index contributed by atoms with van der Waals surface area (Å²) in [6, 6.07) is 8.67. The number of aliphatic hydroxyl groups is 1. The Morgan fingerprint density at radius 2 is 1.56 bits per heavy atom. The van der Waals surface area contributed by atoms with Crippen LogP contribution in [0.4, 0.5) is 0 Å². The van der Waals surface area contributed by atoms with Crippen LogP contribution in [0.2, 0.25) is 0 Å². The van der Waals surface area contributed by atoms with Gasteiger partial charge in [0.05, 0.1) is 6.10 Å². The molecular formula is C17H28O. The lowest BCUT2D eigenvalue weighted by Crippen LogP contribution is -2.13. The van der Waals surface area contributed by atoms with Crippen LogP contribution in [0, 0.1) is 5.92 Å². The van der Waals surface area contributed by atoms with Crippen molar-refractivity contribution >= 4 is 0 Å². The highest BCUT2D eigenvalue weighted by atomic mass is 16.3. The van der Waals surface area contributed by atoms with Crippen LogP contribution in [0.1, 0.15) is 58.6 Å². The molecule has 0 radical (unpaired) electrons. The minimum Gasteiger partial charge on any atom is -0.393 e. The van der Waals surface area contributed by atoms with Crippen molar-refractivity contribution in [3.05, 3.63) is 35.4 Å². The molecule has 0 spiro atoms. The van der Waals surface area contributed by atoms with Gasteiger partial charge < -0.3 is 5.11 Å². The van der Waals surface area contributed by atoms with E-state index in [4.69, 9.17) is 0 Å². The second-order valence-electron chi connectivity index (χ2n) is 6.78. The summed E-state index contributed by atoms with van der Waals surface area (Å²) in [7, 11) is 0. The summed E-state index contributed by atoms with van der Waals surface area (Å²) in [6.07, 6.45) is 2.57. The standard InChI is InChI=1S/C17H28O/c1-13(2)6-11-16(18)12-14-7-9-15(10-8-14)17(3,4)5/h7-10,13,16,18H,6,11-12H2,1-5H3. The number of hydrogen-bond acceptors (Lipinski definition) is 1. The van der Waals surface area contributed by atoms with E-state index in [1.807, 2.05) is 0 Å². The molecular weight excluding hydrogens is 220 g/mol. The smallest absolute Gasteiger partial charge is 0.0580 e. The van der Waals surface area contributed by atoms with Crippen LogP contribution < -0.4 is 0 Å². The molecule has 18 heavy (non-hydrogen) atoms. The molecule has 1 heteroatoms. The first-order chi connectivity index (χ1) is 8.29. The normalized spacial score (nSPS) is 13.9. The molecule has 1 nitrogen and oxygen atoms in total. The summed E-state index contributed by atoms with van der Waals surface area (Å²) in [4.78, 5) is 0. The Hall–Kier alpha value is -0.820. The Labute approximate surface area is 112 Å². The Kier molecular flexibility index (Phi) is 5.40. The Balaban J connectivity index is 2.53. The lowest BCUT2D eigenvalue weighted by molar-refractivity contribution is 0.157. The first-order valence-corrected chi connectivity index (χ1v) is 7.06. The van der Waals surface area contributed by atoms with Gasteiger partial charge in [0.15, 0.2) is 0 Å². The number of benzene rings is 1.